The van der Waals surface area contributed by atoms with E-state index in [9.17, 15) is 9.59 Å². The molecule has 5 heteroatoms. The minimum absolute atomic E-state index is 0.0436. The van der Waals surface area contributed by atoms with Crippen molar-refractivity contribution < 1.29 is 9.59 Å². The van der Waals surface area contributed by atoms with Crippen LogP contribution >= 0.6 is 11.3 Å². The molecule has 2 rings (SSSR count). The highest BCUT2D eigenvalue weighted by Gasteiger charge is 2.24. The fraction of sp³-hybridized carbons (Fsp3) is 0.625. The smallest absolute Gasteiger partial charge is 0.220 e. The maximum Gasteiger partial charge on any atom is 0.220 e. The van der Waals surface area contributed by atoms with Crippen LogP contribution in [0, 0.1) is 5.92 Å². The van der Waals surface area contributed by atoms with Gasteiger partial charge in [0, 0.05) is 25.4 Å². The Morgan fingerprint density at radius 2 is 2.05 bits per heavy atom. The second kappa shape index (κ2) is 8.29. The van der Waals surface area contributed by atoms with Crippen molar-refractivity contribution in [2.45, 2.75) is 51.0 Å². The summed E-state index contributed by atoms with van der Waals surface area (Å²) in [6, 6.07) is 3.72. The van der Waals surface area contributed by atoms with Crippen molar-refractivity contribution >= 4 is 23.0 Å². The van der Waals surface area contributed by atoms with Crippen LogP contribution in [0.5, 0.6) is 0 Å². The minimum Gasteiger partial charge on any atom is -0.352 e. The molecule has 1 amide bonds. The number of nitrogens with two attached hydrogens (primary N) is 1. The molecule has 0 saturated heterocycles. The highest BCUT2D eigenvalue weighted by atomic mass is 32.1. The van der Waals surface area contributed by atoms with E-state index in [0.29, 0.717) is 12.5 Å². The summed E-state index contributed by atoms with van der Waals surface area (Å²) in [5.41, 5.74) is 5.81. The van der Waals surface area contributed by atoms with E-state index in [-0.39, 0.29) is 30.6 Å². The number of carbonyl (C=O) groups is 2. The molecule has 1 fully saturated rings. The molecule has 1 saturated carbocycles. The molecule has 1 aliphatic carbocycles. The van der Waals surface area contributed by atoms with Crippen LogP contribution in [0.3, 0.4) is 0 Å². The van der Waals surface area contributed by atoms with E-state index in [2.05, 4.69) is 5.32 Å². The van der Waals surface area contributed by atoms with Crippen molar-refractivity contribution in [3.8, 4) is 0 Å². The molecule has 0 bridgehead atoms. The van der Waals surface area contributed by atoms with Gasteiger partial charge >= 0.3 is 0 Å². The Balaban J connectivity index is 1.76. The van der Waals surface area contributed by atoms with Crippen LogP contribution in [0.1, 0.15) is 54.6 Å². The molecule has 1 aromatic rings. The molecule has 116 valence electrons. The zero-order valence-corrected chi connectivity index (χ0v) is 13.2. The first-order valence-corrected chi connectivity index (χ1v) is 8.65. The SMILES string of the molecule is NCC(NC(=O)CCC(=O)c1cccs1)C1CCCCC1. The Morgan fingerprint density at radius 1 is 1.29 bits per heavy atom. The number of hydrogen-bond donors (Lipinski definition) is 2. The van der Waals surface area contributed by atoms with E-state index in [1.165, 1.54) is 30.6 Å². The van der Waals surface area contributed by atoms with Crippen molar-refractivity contribution in [2.75, 3.05) is 6.54 Å². The van der Waals surface area contributed by atoms with Crippen LogP contribution in [-0.4, -0.2) is 24.3 Å². The first-order valence-electron chi connectivity index (χ1n) is 7.77. The summed E-state index contributed by atoms with van der Waals surface area (Å²) >= 11 is 1.42. The van der Waals surface area contributed by atoms with Crippen molar-refractivity contribution in [3.05, 3.63) is 22.4 Å². The van der Waals surface area contributed by atoms with Gasteiger partial charge in [0.1, 0.15) is 0 Å². The van der Waals surface area contributed by atoms with Gasteiger partial charge in [0.05, 0.1) is 4.88 Å². The number of thiophene rings is 1. The number of Topliss-reactive ketones (excluding diaryl/α,β-unsaturated/α-hetero) is 1. The molecular weight excluding hydrogens is 284 g/mol. The molecule has 1 unspecified atom stereocenters. The summed E-state index contributed by atoms with van der Waals surface area (Å²) in [5, 5.41) is 4.90. The van der Waals surface area contributed by atoms with Crippen LogP contribution in [0.25, 0.3) is 0 Å². The predicted octanol–water partition coefficient (Wildman–Crippen LogP) is 2.73. The molecule has 0 aromatic carbocycles. The van der Waals surface area contributed by atoms with Gasteiger partial charge in [-0.25, -0.2) is 0 Å². The molecule has 0 aliphatic heterocycles. The maximum atomic E-state index is 12.0. The van der Waals surface area contributed by atoms with E-state index in [1.54, 1.807) is 6.07 Å². The quantitative estimate of drug-likeness (QED) is 0.761. The lowest BCUT2D eigenvalue weighted by atomic mass is 9.84. The monoisotopic (exact) mass is 308 g/mol. The van der Waals surface area contributed by atoms with Crippen molar-refractivity contribution in [2.24, 2.45) is 11.7 Å². The number of amides is 1. The molecule has 0 spiro atoms. The Bertz CT molecular complexity index is 453. The number of rotatable bonds is 7. The van der Waals surface area contributed by atoms with Crippen LogP contribution in [-0.2, 0) is 4.79 Å². The van der Waals surface area contributed by atoms with E-state index in [4.69, 9.17) is 5.73 Å². The fourth-order valence-electron chi connectivity index (χ4n) is 2.97. The van der Waals surface area contributed by atoms with Gasteiger partial charge in [-0.3, -0.25) is 9.59 Å². The van der Waals surface area contributed by atoms with E-state index in [0.717, 1.165) is 17.7 Å². The van der Waals surface area contributed by atoms with E-state index >= 15 is 0 Å². The Hall–Kier alpha value is -1.20. The van der Waals surface area contributed by atoms with Gasteiger partial charge in [0.25, 0.3) is 0 Å². The summed E-state index contributed by atoms with van der Waals surface area (Å²) in [6.07, 6.45) is 6.57. The molecule has 1 aliphatic rings. The zero-order chi connectivity index (χ0) is 15.1. The van der Waals surface area contributed by atoms with Crippen molar-refractivity contribution in [1.29, 1.82) is 0 Å². The highest BCUT2D eigenvalue weighted by molar-refractivity contribution is 7.12. The average molecular weight is 308 g/mol. The molecule has 1 atom stereocenters. The lowest BCUT2D eigenvalue weighted by Gasteiger charge is -2.30. The van der Waals surface area contributed by atoms with Crippen LogP contribution in [0.2, 0.25) is 0 Å². The normalized spacial score (nSPS) is 17.4. The molecule has 4 nitrogen and oxygen atoms in total. The van der Waals surface area contributed by atoms with Crippen molar-refractivity contribution in [3.63, 3.8) is 0 Å². The largest absolute Gasteiger partial charge is 0.352 e. The van der Waals surface area contributed by atoms with E-state index < -0.39 is 0 Å². The highest BCUT2D eigenvalue weighted by Crippen LogP contribution is 2.26. The molecular formula is C16H24N2O2S. The first kappa shape index (κ1) is 16.2. The molecule has 1 heterocycles. The van der Waals surface area contributed by atoms with E-state index in [1.807, 2.05) is 11.4 Å². The fourth-order valence-corrected chi connectivity index (χ4v) is 3.67. The summed E-state index contributed by atoms with van der Waals surface area (Å²) in [7, 11) is 0. The standard InChI is InChI=1S/C16H24N2O2S/c17-11-13(12-5-2-1-3-6-12)18-16(20)9-8-14(19)15-7-4-10-21-15/h4,7,10,12-13H,1-3,5-6,8-9,11,17H2,(H,18,20). The minimum atomic E-state index is -0.0547. The average Bonchev–Trinajstić information content (AvgIpc) is 3.05. The Morgan fingerprint density at radius 3 is 2.67 bits per heavy atom. The molecule has 3 N–H and O–H groups in total. The number of ketones is 1. The summed E-state index contributed by atoms with van der Waals surface area (Å²) in [6.45, 7) is 0.481. The Labute approximate surface area is 130 Å². The topological polar surface area (TPSA) is 72.2 Å². The van der Waals surface area contributed by atoms with Crippen LogP contribution in [0.15, 0.2) is 17.5 Å². The van der Waals surface area contributed by atoms with Gasteiger partial charge in [0.2, 0.25) is 5.91 Å². The van der Waals surface area contributed by atoms with Gasteiger partial charge in [-0.1, -0.05) is 25.3 Å². The second-order valence-corrected chi connectivity index (χ2v) is 6.66. The third-order valence-electron chi connectivity index (χ3n) is 4.19. The first-order chi connectivity index (χ1) is 10.2. The zero-order valence-electron chi connectivity index (χ0n) is 12.3. The summed E-state index contributed by atoms with van der Waals surface area (Å²) in [4.78, 5) is 24.6. The molecule has 0 radical (unpaired) electrons. The van der Waals surface area contributed by atoms with Gasteiger partial charge in [0.15, 0.2) is 5.78 Å². The van der Waals surface area contributed by atoms with Gasteiger partial charge in [-0.2, -0.15) is 0 Å². The van der Waals surface area contributed by atoms with Gasteiger partial charge in [-0.05, 0) is 30.2 Å². The second-order valence-electron chi connectivity index (χ2n) is 5.71. The molecule has 1 aromatic heterocycles. The van der Waals surface area contributed by atoms with Crippen LogP contribution < -0.4 is 11.1 Å². The third kappa shape index (κ3) is 4.93. The number of hydrogen-bond acceptors (Lipinski definition) is 4. The summed E-state index contributed by atoms with van der Waals surface area (Å²) < 4.78 is 0. The third-order valence-corrected chi connectivity index (χ3v) is 5.11. The Kier molecular flexibility index (Phi) is 6.39. The maximum absolute atomic E-state index is 12.0. The lowest BCUT2D eigenvalue weighted by Crippen LogP contribution is -2.45. The van der Waals surface area contributed by atoms with Crippen molar-refractivity contribution in [1.82, 2.24) is 5.32 Å². The summed E-state index contributed by atoms with van der Waals surface area (Å²) in [5.74, 6) is 0.490. The van der Waals surface area contributed by atoms with Gasteiger partial charge < -0.3 is 11.1 Å². The number of nitrogens with one attached hydrogen (secondary N) is 1. The lowest BCUT2D eigenvalue weighted by molar-refractivity contribution is -0.122. The van der Waals surface area contributed by atoms with Crippen LogP contribution in [0.4, 0.5) is 0 Å². The number of carbonyl (C=O) groups excluding carboxylic acids is 2. The predicted molar refractivity (Wildman–Crippen MR) is 85.4 cm³/mol. The molecule has 21 heavy (non-hydrogen) atoms. The van der Waals surface area contributed by atoms with Gasteiger partial charge in [-0.15, -0.1) is 11.3 Å².